The average Bonchev–Trinajstić information content (AvgIpc) is 2.57. The van der Waals surface area contributed by atoms with E-state index in [-0.39, 0.29) is 11.7 Å². The molecule has 1 rings (SSSR count). The van der Waals surface area contributed by atoms with E-state index in [2.05, 4.69) is 13.8 Å². The zero-order chi connectivity index (χ0) is 10.9. The van der Waals surface area contributed by atoms with Gasteiger partial charge < -0.3 is 9.47 Å². The molecular formula is C10H16Cl2O2. The smallest absolute Gasteiger partial charge is 0.160 e. The minimum Gasteiger partial charge on any atom is -0.356 e. The third-order valence-electron chi connectivity index (χ3n) is 3.06. The van der Waals surface area contributed by atoms with Gasteiger partial charge in [0.2, 0.25) is 0 Å². The number of allylic oxidation sites excluding steroid dienone is 1. The molecular weight excluding hydrogens is 223 g/mol. The number of rotatable bonds is 4. The van der Waals surface area contributed by atoms with Crippen LogP contribution in [-0.4, -0.2) is 20.5 Å². The molecule has 0 aromatic heterocycles. The molecule has 1 fully saturated rings. The molecule has 0 aromatic rings. The van der Waals surface area contributed by atoms with Crippen LogP contribution in [0.5, 0.6) is 0 Å². The van der Waals surface area contributed by atoms with Gasteiger partial charge in [0, 0.05) is 20.1 Å². The van der Waals surface area contributed by atoms with E-state index in [1.54, 1.807) is 14.2 Å². The Morgan fingerprint density at radius 1 is 1.29 bits per heavy atom. The largest absolute Gasteiger partial charge is 0.356 e. The van der Waals surface area contributed by atoms with Crippen molar-refractivity contribution in [2.75, 3.05) is 14.2 Å². The van der Waals surface area contributed by atoms with Crippen molar-refractivity contribution in [2.45, 2.75) is 20.1 Å². The van der Waals surface area contributed by atoms with Gasteiger partial charge in [0.25, 0.3) is 0 Å². The molecule has 0 amide bonds. The first kappa shape index (κ1) is 12.3. The van der Waals surface area contributed by atoms with Crippen molar-refractivity contribution in [2.24, 2.45) is 17.3 Å². The summed E-state index contributed by atoms with van der Waals surface area (Å²) < 4.78 is 10.8. The fourth-order valence-corrected chi connectivity index (χ4v) is 2.35. The highest BCUT2D eigenvalue weighted by molar-refractivity contribution is 6.55. The Hall–Kier alpha value is 0.240. The van der Waals surface area contributed by atoms with E-state index in [1.807, 2.05) is 6.08 Å². The molecule has 0 N–H and O–H groups in total. The maximum atomic E-state index is 5.64. The van der Waals surface area contributed by atoms with E-state index >= 15 is 0 Å². The fourth-order valence-electron chi connectivity index (χ4n) is 2.08. The predicted molar refractivity (Wildman–Crippen MR) is 58.4 cm³/mol. The van der Waals surface area contributed by atoms with E-state index in [0.29, 0.717) is 16.3 Å². The van der Waals surface area contributed by atoms with E-state index in [0.717, 1.165) is 0 Å². The summed E-state index contributed by atoms with van der Waals surface area (Å²) in [5, 5.41) is 0. The molecule has 0 bridgehead atoms. The maximum Gasteiger partial charge on any atom is 0.160 e. The molecule has 0 radical (unpaired) electrons. The molecule has 1 saturated carbocycles. The van der Waals surface area contributed by atoms with Crippen LogP contribution < -0.4 is 0 Å². The van der Waals surface area contributed by atoms with E-state index < -0.39 is 0 Å². The van der Waals surface area contributed by atoms with Crippen LogP contribution in [0, 0.1) is 17.3 Å². The second-order valence-electron chi connectivity index (χ2n) is 4.17. The van der Waals surface area contributed by atoms with Crippen molar-refractivity contribution < 1.29 is 9.47 Å². The Bertz CT molecular complexity index is 230. The van der Waals surface area contributed by atoms with Gasteiger partial charge in [0.1, 0.15) is 4.49 Å². The molecule has 0 spiro atoms. The van der Waals surface area contributed by atoms with Crippen molar-refractivity contribution in [3.63, 3.8) is 0 Å². The molecule has 0 aromatic carbocycles. The zero-order valence-corrected chi connectivity index (χ0v) is 10.4. The molecule has 2 nitrogen and oxygen atoms in total. The van der Waals surface area contributed by atoms with Crippen LogP contribution in [0.1, 0.15) is 13.8 Å². The lowest BCUT2D eigenvalue weighted by atomic mass is 10.1. The van der Waals surface area contributed by atoms with Gasteiger partial charge in [-0.3, -0.25) is 0 Å². The Balaban J connectivity index is 2.69. The van der Waals surface area contributed by atoms with Crippen molar-refractivity contribution in [3.8, 4) is 0 Å². The summed E-state index contributed by atoms with van der Waals surface area (Å²) in [5.74, 6) is 0.655. The molecule has 2 unspecified atom stereocenters. The van der Waals surface area contributed by atoms with Gasteiger partial charge in [-0.15, -0.1) is 0 Å². The standard InChI is InChI=1S/C10H16Cl2O2/c1-10(2)6(5-7(11)12)8(10)9(13-3)14-4/h5-6,8-9H,1-4H3. The predicted octanol–water partition coefficient (Wildman–Crippen LogP) is 3.20. The minimum absolute atomic E-state index is 0.145. The topological polar surface area (TPSA) is 18.5 Å². The molecule has 0 heterocycles. The summed E-state index contributed by atoms with van der Waals surface area (Å²) in [6.07, 6.45) is 1.68. The van der Waals surface area contributed by atoms with Crippen LogP contribution in [0.4, 0.5) is 0 Å². The van der Waals surface area contributed by atoms with E-state index in [1.165, 1.54) is 0 Å². The Labute approximate surface area is 95.2 Å². The number of hydrogen-bond donors (Lipinski definition) is 0. The summed E-state index contributed by atoms with van der Waals surface area (Å²) in [7, 11) is 3.29. The van der Waals surface area contributed by atoms with Crippen molar-refractivity contribution in [1.82, 2.24) is 0 Å². The summed E-state index contributed by atoms with van der Waals surface area (Å²) in [5.41, 5.74) is 0.145. The summed E-state index contributed by atoms with van der Waals surface area (Å²) in [4.78, 5) is 0. The second kappa shape index (κ2) is 4.40. The quantitative estimate of drug-likeness (QED) is 0.701. The monoisotopic (exact) mass is 238 g/mol. The lowest BCUT2D eigenvalue weighted by Gasteiger charge is -2.14. The molecule has 1 aliphatic rings. The zero-order valence-electron chi connectivity index (χ0n) is 8.88. The van der Waals surface area contributed by atoms with Gasteiger partial charge in [-0.05, 0) is 11.3 Å². The lowest BCUT2D eigenvalue weighted by Crippen LogP contribution is -2.18. The lowest BCUT2D eigenvalue weighted by molar-refractivity contribution is -0.122. The highest BCUT2D eigenvalue weighted by atomic mass is 35.5. The number of methoxy groups -OCH3 is 2. The third kappa shape index (κ3) is 2.25. The van der Waals surface area contributed by atoms with Gasteiger partial charge in [-0.25, -0.2) is 0 Å². The molecule has 0 saturated heterocycles. The van der Waals surface area contributed by atoms with Crippen LogP contribution in [0.15, 0.2) is 10.6 Å². The number of halogens is 2. The molecule has 4 heteroatoms. The highest BCUT2D eigenvalue weighted by Crippen LogP contribution is 2.61. The maximum absolute atomic E-state index is 5.64. The van der Waals surface area contributed by atoms with E-state index in [4.69, 9.17) is 32.7 Å². The van der Waals surface area contributed by atoms with E-state index in [9.17, 15) is 0 Å². The van der Waals surface area contributed by atoms with Gasteiger partial charge in [-0.1, -0.05) is 43.1 Å². The minimum atomic E-state index is -0.182. The molecule has 0 aliphatic heterocycles. The van der Waals surface area contributed by atoms with Crippen molar-refractivity contribution in [1.29, 1.82) is 0 Å². The van der Waals surface area contributed by atoms with Gasteiger partial charge >= 0.3 is 0 Å². The van der Waals surface area contributed by atoms with Crippen molar-refractivity contribution in [3.05, 3.63) is 10.6 Å². The summed E-state index contributed by atoms with van der Waals surface area (Å²) in [6.45, 7) is 4.31. The molecule has 82 valence electrons. The molecule has 2 atom stereocenters. The van der Waals surface area contributed by atoms with Gasteiger partial charge in [0.15, 0.2) is 6.29 Å². The average molecular weight is 239 g/mol. The first-order valence-corrected chi connectivity index (χ1v) is 5.29. The first-order valence-electron chi connectivity index (χ1n) is 4.53. The van der Waals surface area contributed by atoms with Crippen LogP contribution in [-0.2, 0) is 9.47 Å². The van der Waals surface area contributed by atoms with Crippen LogP contribution in [0.2, 0.25) is 0 Å². The Kier molecular flexibility index (Phi) is 3.87. The third-order valence-corrected chi connectivity index (χ3v) is 3.31. The van der Waals surface area contributed by atoms with Crippen molar-refractivity contribution >= 4 is 23.2 Å². The fraction of sp³-hybridized carbons (Fsp3) is 0.800. The second-order valence-corrected chi connectivity index (χ2v) is 5.18. The van der Waals surface area contributed by atoms with Crippen LogP contribution >= 0.6 is 23.2 Å². The van der Waals surface area contributed by atoms with Gasteiger partial charge in [0.05, 0.1) is 0 Å². The number of hydrogen-bond acceptors (Lipinski definition) is 2. The Morgan fingerprint density at radius 3 is 2.14 bits per heavy atom. The summed E-state index contributed by atoms with van der Waals surface area (Å²) in [6, 6.07) is 0. The van der Waals surface area contributed by atoms with Crippen LogP contribution in [0.25, 0.3) is 0 Å². The van der Waals surface area contributed by atoms with Crippen LogP contribution in [0.3, 0.4) is 0 Å². The molecule has 14 heavy (non-hydrogen) atoms. The number of ether oxygens (including phenoxy) is 2. The highest BCUT2D eigenvalue weighted by Gasteiger charge is 2.60. The SMILES string of the molecule is COC(OC)C1C(C=C(Cl)Cl)C1(C)C. The first-order chi connectivity index (χ1) is 6.45. The Morgan fingerprint density at radius 2 is 1.79 bits per heavy atom. The summed E-state index contributed by atoms with van der Waals surface area (Å²) >= 11 is 11.3. The normalized spacial score (nSPS) is 29.1. The van der Waals surface area contributed by atoms with Gasteiger partial charge in [-0.2, -0.15) is 0 Å². The molecule has 1 aliphatic carbocycles.